The van der Waals surface area contributed by atoms with Crippen molar-refractivity contribution in [3.63, 3.8) is 0 Å². The Morgan fingerprint density at radius 3 is 2.76 bits per heavy atom. The Morgan fingerprint density at radius 1 is 1.47 bits per heavy atom. The van der Waals surface area contributed by atoms with Crippen molar-refractivity contribution in [2.45, 2.75) is 19.3 Å². The summed E-state index contributed by atoms with van der Waals surface area (Å²) in [5, 5.41) is 8.64. The standard InChI is InChI=1S/C11H21NO4S/c1-16-10-11-4-6-12(7-5-11)17(14,15)9-3-2-8-13/h4,13H,2-3,5-10H2,1H3. The first kappa shape index (κ1) is 14.6. The Hall–Kier alpha value is -0.430. The van der Waals surface area contributed by atoms with Gasteiger partial charge in [-0.1, -0.05) is 6.08 Å². The topological polar surface area (TPSA) is 66.8 Å². The fraction of sp³-hybridized carbons (Fsp3) is 0.818. The van der Waals surface area contributed by atoms with Crippen molar-refractivity contribution in [1.82, 2.24) is 4.31 Å². The number of aliphatic hydroxyl groups excluding tert-OH is 1. The Morgan fingerprint density at radius 2 is 2.24 bits per heavy atom. The SMILES string of the molecule is COCC1=CCN(S(=O)(=O)CCCCO)CC1. The predicted molar refractivity (Wildman–Crippen MR) is 66.3 cm³/mol. The monoisotopic (exact) mass is 263 g/mol. The first-order chi connectivity index (χ1) is 8.10. The molecule has 0 atom stereocenters. The van der Waals surface area contributed by atoms with Gasteiger partial charge in [0, 0.05) is 26.8 Å². The zero-order valence-electron chi connectivity index (χ0n) is 10.3. The molecule has 1 heterocycles. The van der Waals surface area contributed by atoms with E-state index in [1.807, 2.05) is 6.08 Å². The summed E-state index contributed by atoms with van der Waals surface area (Å²) in [4.78, 5) is 0. The van der Waals surface area contributed by atoms with Crippen molar-refractivity contribution >= 4 is 10.0 Å². The molecule has 0 aliphatic carbocycles. The van der Waals surface area contributed by atoms with Crippen LogP contribution in [0, 0.1) is 0 Å². The molecule has 0 bridgehead atoms. The zero-order valence-corrected chi connectivity index (χ0v) is 11.1. The minimum Gasteiger partial charge on any atom is -0.396 e. The minimum atomic E-state index is -3.16. The summed E-state index contributed by atoms with van der Waals surface area (Å²) in [6, 6.07) is 0. The fourth-order valence-electron chi connectivity index (χ4n) is 1.79. The van der Waals surface area contributed by atoms with Gasteiger partial charge in [0.2, 0.25) is 10.0 Å². The first-order valence-corrected chi connectivity index (χ1v) is 7.46. The van der Waals surface area contributed by atoms with Crippen LogP contribution in [0.4, 0.5) is 0 Å². The second-order valence-corrected chi connectivity index (χ2v) is 6.24. The van der Waals surface area contributed by atoms with Gasteiger partial charge in [-0.05, 0) is 24.8 Å². The number of rotatable bonds is 7. The maximum absolute atomic E-state index is 11.9. The molecule has 1 N–H and O–H groups in total. The summed E-state index contributed by atoms with van der Waals surface area (Å²) in [7, 11) is -1.52. The maximum atomic E-state index is 11.9. The van der Waals surface area contributed by atoms with Crippen LogP contribution in [0.1, 0.15) is 19.3 Å². The molecule has 1 rings (SSSR count). The predicted octanol–water partition coefficient (Wildman–Crippen LogP) is 0.367. The molecule has 0 saturated carbocycles. The molecule has 5 nitrogen and oxygen atoms in total. The van der Waals surface area contributed by atoms with Crippen molar-refractivity contribution in [1.29, 1.82) is 0 Å². The van der Waals surface area contributed by atoms with E-state index in [-0.39, 0.29) is 12.4 Å². The quantitative estimate of drug-likeness (QED) is 0.532. The fourth-order valence-corrected chi connectivity index (χ4v) is 3.29. The van der Waals surface area contributed by atoms with Gasteiger partial charge >= 0.3 is 0 Å². The van der Waals surface area contributed by atoms with E-state index in [1.54, 1.807) is 7.11 Å². The van der Waals surface area contributed by atoms with E-state index in [0.717, 1.165) is 12.0 Å². The van der Waals surface area contributed by atoms with Crippen molar-refractivity contribution in [3.8, 4) is 0 Å². The lowest BCUT2D eigenvalue weighted by Gasteiger charge is -2.25. The van der Waals surface area contributed by atoms with E-state index in [9.17, 15) is 8.42 Å². The van der Waals surface area contributed by atoms with Gasteiger partial charge in [0.25, 0.3) is 0 Å². The Balaban J connectivity index is 2.46. The van der Waals surface area contributed by atoms with Gasteiger partial charge < -0.3 is 9.84 Å². The van der Waals surface area contributed by atoms with Gasteiger partial charge in [0.05, 0.1) is 12.4 Å². The van der Waals surface area contributed by atoms with Crippen LogP contribution in [0.15, 0.2) is 11.6 Å². The third kappa shape index (κ3) is 4.75. The lowest BCUT2D eigenvalue weighted by molar-refractivity contribution is 0.219. The Bertz CT molecular complexity index is 350. The second kappa shape index (κ2) is 7.10. The molecular formula is C11H21NO4S. The van der Waals surface area contributed by atoms with Crippen LogP contribution in [-0.4, -0.2) is 57.0 Å². The maximum Gasteiger partial charge on any atom is 0.214 e. The van der Waals surface area contributed by atoms with E-state index in [0.29, 0.717) is 32.5 Å². The van der Waals surface area contributed by atoms with E-state index >= 15 is 0 Å². The van der Waals surface area contributed by atoms with Crippen LogP contribution in [0.25, 0.3) is 0 Å². The molecule has 1 aliphatic heterocycles. The molecule has 100 valence electrons. The largest absolute Gasteiger partial charge is 0.396 e. The molecule has 0 unspecified atom stereocenters. The smallest absolute Gasteiger partial charge is 0.214 e. The lowest BCUT2D eigenvalue weighted by Crippen LogP contribution is -2.36. The highest BCUT2D eigenvalue weighted by Crippen LogP contribution is 2.15. The normalized spacial score (nSPS) is 18.1. The summed E-state index contributed by atoms with van der Waals surface area (Å²) >= 11 is 0. The third-order valence-corrected chi connectivity index (χ3v) is 4.72. The highest BCUT2D eigenvalue weighted by Gasteiger charge is 2.23. The number of hydrogen-bond acceptors (Lipinski definition) is 4. The van der Waals surface area contributed by atoms with E-state index in [4.69, 9.17) is 9.84 Å². The highest BCUT2D eigenvalue weighted by atomic mass is 32.2. The zero-order chi connectivity index (χ0) is 12.7. The number of sulfonamides is 1. The minimum absolute atomic E-state index is 0.0490. The third-order valence-electron chi connectivity index (χ3n) is 2.80. The van der Waals surface area contributed by atoms with Gasteiger partial charge in [-0.2, -0.15) is 4.31 Å². The van der Waals surface area contributed by atoms with Crippen LogP contribution in [0.5, 0.6) is 0 Å². The van der Waals surface area contributed by atoms with Crippen molar-refractivity contribution in [2.75, 3.05) is 39.2 Å². The molecule has 0 spiro atoms. The number of methoxy groups -OCH3 is 1. The van der Waals surface area contributed by atoms with Crippen LogP contribution < -0.4 is 0 Å². The summed E-state index contributed by atoms with van der Waals surface area (Å²) in [5.41, 5.74) is 1.16. The summed E-state index contributed by atoms with van der Waals surface area (Å²) < 4.78 is 30.3. The summed E-state index contributed by atoms with van der Waals surface area (Å²) in [5.74, 6) is 0.126. The summed E-state index contributed by atoms with van der Waals surface area (Å²) in [6.07, 6.45) is 3.73. The number of aliphatic hydroxyl groups is 1. The van der Waals surface area contributed by atoms with Crippen molar-refractivity contribution < 1.29 is 18.3 Å². The van der Waals surface area contributed by atoms with E-state index in [2.05, 4.69) is 0 Å². The molecular weight excluding hydrogens is 242 g/mol. The molecule has 0 radical (unpaired) electrons. The molecule has 17 heavy (non-hydrogen) atoms. The molecule has 0 aromatic carbocycles. The van der Waals surface area contributed by atoms with Crippen molar-refractivity contribution in [2.24, 2.45) is 0 Å². The van der Waals surface area contributed by atoms with Crippen LogP contribution in [-0.2, 0) is 14.8 Å². The molecule has 0 aromatic heterocycles. The number of nitrogens with zero attached hydrogens (tertiary/aromatic N) is 1. The van der Waals surface area contributed by atoms with Crippen molar-refractivity contribution in [3.05, 3.63) is 11.6 Å². The van der Waals surface area contributed by atoms with Crippen LogP contribution in [0.2, 0.25) is 0 Å². The van der Waals surface area contributed by atoms with Gasteiger partial charge in [-0.15, -0.1) is 0 Å². The Kier molecular flexibility index (Phi) is 6.11. The second-order valence-electron chi connectivity index (χ2n) is 4.15. The van der Waals surface area contributed by atoms with Gasteiger partial charge in [-0.3, -0.25) is 0 Å². The Labute approximate surface area is 103 Å². The average molecular weight is 263 g/mol. The van der Waals surface area contributed by atoms with Crippen LogP contribution in [0.3, 0.4) is 0 Å². The van der Waals surface area contributed by atoms with Gasteiger partial charge in [0.1, 0.15) is 0 Å². The van der Waals surface area contributed by atoms with Gasteiger partial charge in [0.15, 0.2) is 0 Å². The molecule has 0 amide bonds. The van der Waals surface area contributed by atoms with Crippen LogP contribution >= 0.6 is 0 Å². The molecule has 1 aliphatic rings. The molecule has 0 fully saturated rings. The number of hydrogen-bond donors (Lipinski definition) is 1. The summed E-state index contributed by atoms with van der Waals surface area (Å²) in [6.45, 7) is 1.61. The lowest BCUT2D eigenvalue weighted by atomic mass is 10.1. The molecule has 0 aromatic rings. The first-order valence-electron chi connectivity index (χ1n) is 5.85. The molecule has 0 saturated heterocycles. The highest BCUT2D eigenvalue weighted by molar-refractivity contribution is 7.89. The molecule has 6 heteroatoms. The van der Waals surface area contributed by atoms with E-state index in [1.165, 1.54) is 4.31 Å². The number of unbranched alkanes of at least 4 members (excludes halogenated alkanes) is 1. The van der Waals surface area contributed by atoms with Gasteiger partial charge in [-0.25, -0.2) is 8.42 Å². The average Bonchev–Trinajstić information content (AvgIpc) is 2.30. The van der Waals surface area contributed by atoms with E-state index < -0.39 is 10.0 Å². The number of ether oxygens (including phenoxy) is 1.